The molecule has 1 unspecified atom stereocenters. The zero-order valence-electron chi connectivity index (χ0n) is 21.2. The van der Waals surface area contributed by atoms with Crippen LogP contribution >= 0.6 is 11.6 Å². The van der Waals surface area contributed by atoms with Crippen molar-refractivity contribution in [2.75, 3.05) is 39.2 Å². The number of anilines is 1. The Hall–Kier alpha value is -3.56. The second kappa shape index (κ2) is 11.5. The number of likely N-dealkylation sites (N-methyl/N-ethyl adjacent to an activating group) is 1. The highest BCUT2D eigenvalue weighted by Crippen LogP contribution is 2.33. The van der Waals surface area contributed by atoms with E-state index in [0.717, 1.165) is 47.6 Å². The average molecular weight is 509 g/mol. The van der Waals surface area contributed by atoms with E-state index in [0.29, 0.717) is 28.5 Å². The number of aryl methyl sites for hydroxylation is 1. The Morgan fingerprint density at radius 3 is 2.94 bits per heavy atom. The van der Waals surface area contributed by atoms with Crippen molar-refractivity contribution in [3.8, 4) is 5.75 Å². The minimum absolute atomic E-state index is 0.113. The normalized spacial score (nSPS) is 17.1. The third kappa shape index (κ3) is 5.98. The first-order valence-corrected chi connectivity index (χ1v) is 12.3. The molecule has 1 aliphatic rings. The molecule has 1 fully saturated rings. The molecule has 0 aliphatic carbocycles. The van der Waals surface area contributed by atoms with E-state index in [-0.39, 0.29) is 6.73 Å². The van der Waals surface area contributed by atoms with Crippen LogP contribution in [0.1, 0.15) is 24.7 Å². The number of fused-ring (bicyclic) bond motifs is 1. The average Bonchev–Trinajstić information content (AvgIpc) is 3.59. The molecule has 1 saturated heterocycles. The van der Waals surface area contributed by atoms with Gasteiger partial charge in [-0.2, -0.15) is 5.10 Å². The van der Waals surface area contributed by atoms with Crippen molar-refractivity contribution in [2.45, 2.75) is 26.3 Å². The molecule has 0 saturated carbocycles. The van der Waals surface area contributed by atoms with Gasteiger partial charge in [-0.25, -0.2) is 9.98 Å². The summed E-state index contributed by atoms with van der Waals surface area (Å²) in [5.74, 6) is 2.54. The second-order valence-electron chi connectivity index (χ2n) is 8.95. The fraction of sp³-hybridized carbons (Fsp3) is 0.346. The van der Waals surface area contributed by atoms with Crippen LogP contribution in [0.2, 0.25) is 5.02 Å². The lowest BCUT2D eigenvalue weighted by atomic mass is 10.2. The number of nitrogens with zero attached hydrogens (tertiary/aromatic N) is 5. The Morgan fingerprint density at radius 1 is 1.39 bits per heavy atom. The van der Waals surface area contributed by atoms with Gasteiger partial charge < -0.3 is 24.8 Å². The molecule has 10 heteroatoms. The van der Waals surface area contributed by atoms with Crippen molar-refractivity contribution in [2.24, 2.45) is 9.98 Å². The van der Waals surface area contributed by atoms with Crippen LogP contribution in [0.25, 0.3) is 17.0 Å². The molecule has 3 N–H and O–H groups in total. The number of nitrogens with one attached hydrogen (secondary N) is 3. The predicted octanol–water partition coefficient (Wildman–Crippen LogP) is 4.91. The van der Waals surface area contributed by atoms with Crippen molar-refractivity contribution in [1.29, 1.82) is 0 Å². The zero-order valence-corrected chi connectivity index (χ0v) is 21.9. The van der Waals surface area contributed by atoms with E-state index in [2.05, 4.69) is 56.1 Å². The molecular weight excluding hydrogens is 476 g/mol. The number of rotatable bonds is 9. The van der Waals surface area contributed by atoms with Crippen molar-refractivity contribution in [3.05, 3.63) is 58.6 Å². The minimum atomic E-state index is 0.113. The largest absolute Gasteiger partial charge is 0.470 e. The third-order valence-electron chi connectivity index (χ3n) is 6.14. The number of benzene rings is 1. The maximum Gasteiger partial charge on any atom is 0.181 e. The maximum atomic E-state index is 6.60. The molecule has 36 heavy (non-hydrogen) atoms. The number of allylic oxidation sites excluding steroid dienone is 1. The molecule has 2 aromatic heterocycles. The summed E-state index contributed by atoms with van der Waals surface area (Å²) in [5.41, 5.74) is 2.92. The second-order valence-corrected chi connectivity index (χ2v) is 9.33. The molecule has 9 nitrogen and oxygen atoms in total. The number of amidine groups is 1. The Morgan fingerprint density at radius 2 is 2.22 bits per heavy atom. The van der Waals surface area contributed by atoms with Gasteiger partial charge in [0.25, 0.3) is 0 Å². The summed E-state index contributed by atoms with van der Waals surface area (Å²) in [6, 6.07) is 8.18. The highest BCUT2D eigenvalue weighted by molar-refractivity contribution is 6.37. The van der Waals surface area contributed by atoms with Gasteiger partial charge in [0.15, 0.2) is 12.5 Å². The molecule has 3 aromatic rings. The monoisotopic (exact) mass is 508 g/mol. The number of H-pyrrole nitrogens is 2. The van der Waals surface area contributed by atoms with Gasteiger partial charge in [0.1, 0.15) is 17.4 Å². The molecule has 1 aromatic carbocycles. The standard InChI is InChI=1S/C26H33ClN8O/c1-6-7-18-13-24(33-32-18)31-23(28-3)14-25(35-11-10-19(15-35)34(4)5)29-16-36-22-9-8-21-20(26(22)27)12-17(2)30-21/h6-9,12-14,19,30H,3,10-11,15-16H2,1-2,4-5H3,(H2,31,32,33)/b7-6+,23-14+,29-25+. The first-order valence-electron chi connectivity index (χ1n) is 11.9. The number of aliphatic imine (C=N–C) groups is 2. The summed E-state index contributed by atoms with van der Waals surface area (Å²) in [6.07, 6.45) is 6.81. The number of hydrogen-bond acceptors (Lipinski definition) is 6. The number of aromatic amines is 2. The summed E-state index contributed by atoms with van der Waals surface area (Å²) in [4.78, 5) is 16.7. The van der Waals surface area contributed by atoms with Crippen molar-refractivity contribution >= 4 is 47.0 Å². The van der Waals surface area contributed by atoms with E-state index < -0.39 is 0 Å². The van der Waals surface area contributed by atoms with Crippen molar-refractivity contribution in [1.82, 2.24) is 25.0 Å². The molecule has 1 atom stereocenters. The molecule has 0 radical (unpaired) electrons. The van der Waals surface area contributed by atoms with E-state index in [9.17, 15) is 0 Å². The Bertz CT molecular complexity index is 1300. The topological polar surface area (TPSA) is 96.9 Å². The van der Waals surface area contributed by atoms with Crippen molar-refractivity contribution in [3.63, 3.8) is 0 Å². The van der Waals surface area contributed by atoms with Gasteiger partial charge in [-0.3, -0.25) is 5.10 Å². The number of likely N-dealkylation sites (tertiary alicyclic amines) is 1. The predicted molar refractivity (Wildman–Crippen MR) is 149 cm³/mol. The summed E-state index contributed by atoms with van der Waals surface area (Å²) >= 11 is 6.60. The van der Waals surface area contributed by atoms with Gasteiger partial charge in [-0.15, -0.1) is 0 Å². The molecule has 0 amide bonds. The molecule has 0 spiro atoms. The van der Waals surface area contributed by atoms with E-state index in [4.69, 9.17) is 21.3 Å². The van der Waals surface area contributed by atoms with Gasteiger partial charge in [-0.1, -0.05) is 17.7 Å². The van der Waals surface area contributed by atoms with Crippen LogP contribution in [0, 0.1) is 6.92 Å². The molecule has 190 valence electrons. The van der Waals surface area contributed by atoms with E-state index >= 15 is 0 Å². The molecular formula is C26H33ClN8O. The van der Waals surface area contributed by atoms with Crippen LogP contribution in [-0.2, 0) is 0 Å². The number of ether oxygens (including phenoxy) is 1. The Balaban J connectivity index is 1.55. The van der Waals surface area contributed by atoms with Gasteiger partial charge in [0, 0.05) is 47.9 Å². The quantitative estimate of drug-likeness (QED) is 0.282. The summed E-state index contributed by atoms with van der Waals surface area (Å²) in [5, 5.41) is 12.0. The Kier molecular flexibility index (Phi) is 8.12. The lowest BCUT2D eigenvalue weighted by Gasteiger charge is -2.22. The SMILES string of the molecule is C=N/C(=C\C(=N/COc1ccc2[nH]c(C)cc2c1Cl)N1CCC(N(C)C)C1)Nc1cc(/C=C/C)[nH]n1. The number of hydrogen-bond donors (Lipinski definition) is 3. The lowest BCUT2D eigenvalue weighted by Crippen LogP contribution is -2.34. The fourth-order valence-corrected chi connectivity index (χ4v) is 4.49. The fourth-order valence-electron chi connectivity index (χ4n) is 4.22. The van der Waals surface area contributed by atoms with Crippen LogP contribution < -0.4 is 10.1 Å². The van der Waals surface area contributed by atoms with Crippen LogP contribution in [0.15, 0.2) is 52.2 Å². The third-order valence-corrected chi connectivity index (χ3v) is 6.53. The van der Waals surface area contributed by atoms with Crippen LogP contribution in [-0.4, -0.2) is 77.5 Å². The van der Waals surface area contributed by atoms with E-state index in [1.54, 1.807) is 0 Å². The van der Waals surface area contributed by atoms with E-state index in [1.807, 2.05) is 56.3 Å². The first-order chi connectivity index (χ1) is 17.4. The molecule has 1 aliphatic heterocycles. The summed E-state index contributed by atoms with van der Waals surface area (Å²) < 4.78 is 5.99. The smallest absolute Gasteiger partial charge is 0.181 e. The minimum Gasteiger partial charge on any atom is -0.470 e. The Labute approximate surface area is 216 Å². The van der Waals surface area contributed by atoms with Gasteiger partial charge in [0.05, 0.1) is 10.7 Å². The van der Waals surface area contributed by atoms with Crippen LogP contribution in [0.4, 0.5) is 5.82 Å². The molecule has 3 heterocycles. The maximum absolute atomic E-state index is 6.60. The zero-order chi connectivity index (χ0) is 25.7. The summed E-state index contributed by atoms with van der Waals surface area (Å²) in [6.45, 7) is 9.53. The highest BCUT2D eigenvalue weighted by Gasteiger charge is 2.26. The first kappa shape index (κ1) is 25.5. The lowest BCUT2D eigenvalue weighted by molar-refractivity contribution is 0.299. The van der Waals surface area contributed by atoms with Gasteiger partial charge in [0.2, 0.25) is 0 Å². The number of halogens is 1. The highest BCUT2D eigenvalue weighted by atomic mass is 35.5. The van der Waals surface area contributed by atoms with Crippen LogP contribution in [0.5, 0.6) is 5.75 Å². The van der Waals surface area contributed by atoms with Crippen LogP contribution in [0.3, 0.4) is 0 Å². The molecule has 0 bridgehead atoms. The molecule has 4 rings (SSSR count). The van der Waals surface area contributed by atoms with E-state index in [1.165, 1.54) is 0 Å². The summed E-state index contributed by atoms with van der Waals surface area (Å²) in [7, 11) is 4.20. The van der Waals surface area contributed by atoms with Crippen molar-refractivity contribution < 1.29 is 4.74 Å². The number of aromatic nitrogens is 3. The van der Waals surface area contributed by atoms with Gasteiger partial charge in [-0.05, 0) is 65.4 Å². The van der Waals surface area contributed by atoms with Gasteiger partial charge >= 0.3 is 0 Å².